The second-order valence-electron chi connectivity index (χ2n) is 8.14. The summed E-state index contributed by atoms with van der Waals surface area (Å²) in [6.45, 7) is 4.87. The first-order valence-electron chi connectivity index (χ1n) is 10.9. The molecule has 33 heavy (non-hydrogen) atoms. The summed E-state index contributed by atoms with van der Waals surface area (Å²) in [7, 11) is 1.96. The lowest BCUT2D eigenvalue weighted by molar-refractivity contribution is 0.122. The van der Waals surface area contributed by atoms with Gasteiger partial charge >= 0.3 is 0 Å². The molecule has 4 heterocycles. The molecule has 0 aliphatic carbocycles. The highest BCUT2D eigenvalue weighted by molar-refractivity contribution is 5.86. The van der Waals surface area contributed by atoms with E-state index in [1.807, 2.05) is 42.9 Å². The highest BCUT2D eigenvalue weighted by atomic mass is 16.5. The zero-order chi connectivity index (χ0) is 22.4. The molecule has 0 spiro atoms. The van der Waals surface area contributed by atoms with Crippen LogP contribution in [-0.2, 0) is 11.8 Å². The Hall–Kier alpha value is -3.98. The Bertz CT molecular complexity index is 1470. The number of nitrogens with zero attached hydrogens (tertiary/aromatic N) is 6. The zero-order valence-corrected chi connectivity index (χ0v) is 18.4. The summed E-state index contributed by atoms with van der Waals surface area (Å²) in [6.07, 6.45) is 1.45. The fourth-order valence-corrected chi connectivity index (χ4v) is 4.23. The smallest absolute Gasteiger partial charge is 0.228 e. The fraction of sp³-hybridized carbons (Fsp3) is 0.250. The lowest BCUT2D eigenvalue weighted by Gasteiger charge is -2.27. The van der Waals surface area contributed by atoms with E-state index in [-0.39, 0.29) is 0 Å². The van der Waals surface area contributed by atoms with Crippen LogP contribution in [0.3, 0.4) is 0 Å². The van der Waals surface area contributed by atoms with Gasteiger partial charge in [0.05, 0.1) is 30.1 Å². The number of nitrogens with one attached hydrogen (secondary N) is 1. The Labute approximate surface area is 190 Å². The molecule has 1 fully saturated rings. The van der Waals surface area contributed by atoms with Crippen molar-refractivity contribution in [3.8, 4) is 11.3 Å². The largest absolute Gasteiger partial charge is 0.443 e. The van der Waals surface area contributed by atoms with Crippen molar-refractivity contribution in [2.45, 2.75) is 6.92 Å². The first kappa shape index (κ1) is 19.7. The fourth-order valence-electron chi connectivity index (χ4n) is 4.23. The van der Waals surface area contributed by atoms with E-state index in [9.17, 15) is 0 Å². The number of hydrogen-bond acceptors (Lipinski definition) is 8. The molecule has 0 radical (unpaired) electrons. The van der Waals surface area contributed by atoms with E-state index < -0.39 is 0 Å². The van der Waals surface area contributed by atoms with E-state index in [1.54, 1.807) is 0 Å². The van der Waals surface area contributed by atoms with Crippen LogP contribution in [0.25, 0.3) is 33.3 Å². The predicted octanol–water partition coefficient (Wildman–Crippen LogP) is 4.06. The third kappa shape index (κ3) is 3.66. The Morgan fingerprint density at radius 1 is 1.00 bits per heavy atom. The van der Waals surface area contributed by atoms with Gasteiger partial charge in [0.1, 0.15) is 11.3 Å². The van der Waals surface area contributed by atoms with E-state index in [4.69, 9.17) is 19.1 Å². The predicted molar refractivity (Wildman–Crippen MR) is 127 cm³/mol. The molecule has 6 rings (SSSR count). The molecule has 5 aromatic rings. The van der Waals surface area contributed by atoms with Crippen molar-refractivity contribution in [2.75, 3.05) is 36.5 Å². The van der Waals surface area contributed by atoms with Gasteiger partial charge in [0.15, 0.2) is 12.0 Å². The molecule has 3 aromatic heterocycles. The number of anilines is 3. The Kier molecular flexibility index (Phi) is 4.69. The number of ether oxygens (including phenoxy) is 1. The zero-order valence-electron chi connectivity index (χ0n) is 18.4. The number of aromatic nitrogens is 5. The molecule has 1 aliphatic heterocycles. The van der Waals surface area contributed by atoms with E-state index in [0.717, 1.165) is 57.7 Å². The molecule has 9 heteroatoms. The van der Waals surface area contributed by atoms with Crippen LogP contribution < -0.4 is 10.2 Å². The van der Waals surface area contributed by atoms with Gasteiger partial charge in [-0.1, -0.05) is 12.1 Å². The van der Waals surface area contributed by atoms with Gasteiger partial charge in [0.25, 0.3) is 0 Å². The van der Waals surface area contributed by atoms with Crippen LogP contribution in [0, 0.1) is 6.92 Å². The summed E-state index contributed by atoms with van der Waals surface area (Å²) in [6, 6.07) is 14.1. The maximum Gasteiger partial charge on any atom is 0.228 e. The molecule has 0 atom stereocenters. The molecular weight excluding hydrogens is 418 g/mol. The molecule has 1 saturated heterocycles. The molecule has 1 N–H and O–H groups in total. The van der Waals surface area contributed by atoms with E-state index >= 15 is 0 Å². The Balaban J connectivity index is 1.43. The maximum atomic E-state index is 5.52. The van der Waals surface area contributed by atoms with Gasteiger partial charge in [-0.25, -0.2) is 9.97 Å². The van der Waals surface area contributed by atoms with E-state index in [1.165, 1.54) is 6.39 Å². The normalized spacial score (nSPS) is 14.3. The monoisotopic (exact) mass is 441 g/mol. The first-order chi connectivity index (χ1) is 16.1. The second kappa shape index (κ2) is 7.86. The van der Waals surface area contributed by atoms with Crippen molar-refractivity contribution in [3.05, 3.63) is 54.6 Å². The van der Waals surface area contributed by atoms with Crippen molar-refractivity contribution < 1.29 is 9.15 Å². The number of hydrogen-bond donors (Lipinski definition) is 1. The number of aryl methyl sites for hydroxylation is 2. The molecule has 166 valence electrons. The SMILES string of the molecule is Cc1nn(C)c2cc(-c3cc(Nc4ccc5ncoc5c4)nc(N4CCOCC4)n3)ccc12. The lowest BCUT2D eigenvalue weighted by Crippen LogP contribution is -2.37. The Morgan fingerprint density at radius 2 is 1.88 bits per heavy atom. The molecular formula is C24H23N7O2. The van der Waals surface area contributed by atoms with Crippen LogP contribution in [0.5, 0.6) is 0 Å². The highest BCUT2D eigenvalue weighted by Gasteiger charge is 2.17. The maximum absolute atomic E-state index is 5.52. The van der Waals surface area contributed by atoms with Crippen molar-refractivity contribution >= 4 is 39.5 Å². The van der Waals surface area contributed by atoms with Gasteiger partial charge in [-0.05, 0) is 25.1 Å². The Morgan fingerprint density at radius 3 is 2.76 bits per heavy atom. The molecule has 1 aliphatic rings. The summed E-state index contributed by atoms with van der Waals surface area (Å²) >= 11 is 0. The number of rotatable bonds is 4. The van der Waals surface area contributed by atoms with Crippen molar-refractivity contribution in [2.24, 2.45) is 7.05 Å². The number of morpholine rings is 1. The average Bonchev–Trinajstić information content (AvgIpc) is 3.42. The average molecular weight is 441 g/mol. The number of oxazole rings is 1. The molecule has 9 nitrogen and oxygen atoms in total. The topological polar surface area (TPSA) is 94.1 Å². The van der Waals surface area contributed by atoms with Gasteiger partial charge in [-0.2, -0.15) is 10.1 Å². The van der Waals surface area contributed by atoms with Gasteiger partial charge in [0, 0.05) is 48.9 Å². The summed E-state index contributed by atoms with van der Waals surface area (Å²) in [5.41, 5.74) is 6.35. The first-order valence-corrected chi connectivity index (χ1v) is 10.9. The van der Waals surface area contributed by atoms with Crippen LogP contribution in [0.2, 0.25) is 0 Å². The van der Waals surface area contributed by atoms with Gasteiger partial charge in [0.2, 0.25) is 5.95 Å². The van der Waals surface area contributed by atoms with Gasteiger partial charge < -0.3 is 19.4 Å². The molecule has 0 bridgehead atoms. The quantitative estimate of drug-likeness (QED) is 0.446. The number of fused-ring (bicyclic) bond motifs is 2. The van der Waals surface area contributed by atoms with Gasteiger partial charge in [-0.15, -0.1) is 0 Å². The van der Waals surface area contributed by atoms with E-state index in [0.29, 0.717) is 25.0 Å². The summed E-state index contributed by atoms with van der Waals surface area (Å²) < 4.78 is 12.9. The molecule has 0 saturated carbocycles. The third-order valence-electron chi connectivity index (χ3n) is 5.94. The summed E-state index contributed by atoms with van der Waals surface area (Å²) in [4.78, 5) is 16.1. The van der Waals surface area contributed by atoms with Crippen LogP contribution in [0.1, 0.15) is 5.69 Å². The highest BCUT2D eigenvalue weighted by Crippen LogP contribution is 2.29. The minimum Gasteiger partial charge on any atom is -0.443 e. The van der Waals surface area contributed by atoms with Crippen molar-refractivity contribution in [1.29, 1.82) is 0 Å². The van der Waals surface area contributed by atoms with Crippen molar-refractivity contribution in [1.82, 2.24) is 24.7 Å². The van der Waals surface area contributed by atoms with Crippen LogP contribution in [-0.4, -0.2) is 51.0 Å². The van der Waals surface area contributed by atoms with Crippen molar-refractivity contribution in [3.63, 3.8) is 0 Å². The van der Waals surface area contributed by atoms with Crippen LogP contribution in [0.4, 0.5) is 17.5 Å². The lowest BCUT2D eigenvalue weighted by atomic mass is 10.1. The third-order valence-corrected chi connectivity index (χ3v) is 5.94. The summed E-state index contributed by atoms with van der Waals surface area (Å²) in [5.74, 6) is 1.39. The molecule has 0 amide bonds. The minimum absolute atomic E-state index is 0.665. The van der Waals surface area contributed by atoms with Gasteiger partial charge in [-0.3, -0.25) is 4.68 Å². The minimum atomic E-state index is 0.665. The molecule has 0 unspecified atom stereocenters. The van der Waals surface area contributed by atoms with Crippen LogP contribution >= 0.6 is 0 Å². The van der Waals surface area contributed by atoms with Crippen LogP contribution in [0.15, 0.2) is 53.3 Å². The standard InChI is InChI=1S/C24H23N7O2/c1-15-18-5-3-16(11-21(18)30(2)29-15)20-13-23(28-24(27-20)31-7-9-32-10-8-31)26-17-4-6-19-22(12-17)33-14-25-19/h3-6,11-14H,7-10H2,1-2H3,(H,26,27,28). The number of benzene rings is 2. The van der Waals surface area contributed by atoms with E-state index in [2.05, 4.69) is 38.5 Å². The summed E-state index contributed by atoms with van der Waals surface area (Å²) in [5, 5.41) is 9.10. The molecule has 2 aromatic carbocycles. The second-order valence-corrected chi connectivity index (χ2v) is 8.14.